The molecule has 2 N–H and O–H groups in total. The number of nitrogens with one attached hydrogen (secondary N) is 1. The third-order valence-corrected chi connectivity index (χ3v) is 6.24. The summed E-state index contributed by atoms with van der Waals surface area (Å²) < 4.78 is 16.6. The lowest BCUT2D eigenvalue weighted by Crippen LogP contribution is -2.41. The van der Waals surface area contributed by atoms with Crippen LogP contribution in [-0.2, 0) is 32.5 Å². The van der Waals surface area contributed by atoms with Gasteiger partial charge >= 0.3 is 11.9 Å². The summed E-state index contributed by atoms with van der Waals surface area (Å²) in [5.41, 5.74) is 2.87. The Morgan fingerprint density at radius 1 is 1.12 bits per heavy atom. The van der Waals surface area contributed by atoms with Gasteiger partial charge in [0, 0.05) is 37.0 Å². The van der Waals surface area contributed by atoms with Crippen LogP contribution in [0.5, 0.6) is 5.88 Å². The normalized spacial score (nSPS) is 12.2. The summed E-state index contributed by atoms with van der Waals surface area (Å²) in [6.45, 7) is 5.07. The lowest BCUT2D eigenvalue weighted by atomic mass is 9.97. The van der Waals surface area contributed by atoms with Crippen molar-refractivity contribution in [3.8, 4) is 17.0 Å². The van der Waals surface area contributed by atoms with E-state index in [9.17, 15) is 19.5 Å². The minimum absolute atomic E-state index is 0.104. The molecule has 0 fully saturated rings. The molecular weight excluding hydrogens is 550 g/mol. The lowest BCUT2D eigenvalue weighted by Gasteiger charge is -2.21. The summed E-state index contributed by atoms with van der Waals surface area (Å²) in [5, 5.41) is 18.2. The van der Waals surface area contributed by atoms with E-state index in [0.29, 0.717) is 23.7 Å². The number of carbonyl (C=O) groups excluding carboxylic acids is 3. The first-order chi connectivity index (χ1) is 19.7. The van der Waals surface area contributed by atoms with Crippen LogP contribution in [0.1, 0.15) is 42.2 Å². The van der Waals surface area contributed by atoms with E-state index in [1.807, 2.05) is 49.4 Å². The highest BCUT2D eigenvalue weighted by Gasteiger charge is 2.25. The Labute approximate surface area is 243 Å². The van der Waals surface area contributed by atoms with Crippen LogP contribution in [0, 0.1) is 0 Å². The van der Waals surface area contributed by atoms with E-state index in [4.69, 9.17) is 25.8 Å². The molecule has 1 aromatic heterocycles. The van der Waals surface area contributed by atoms with E-state index in [-0.39, 0.29) is 25.1 Å². The zero-order valence-corrected chi connectivity index (χ0v) is 23.8. The molecule has 10 nitrogen and oxygen atoms in total. The molecule has 2 aromatic carbocycles. The van der Waals surface area contributed by atoms with Gasteiger partial charge in [0.1, 0.15) is 6.61 Å². The second kappa shape index (κ2) is 15.6. The molecule has 41 heavy (non-hydrogen) atoms. The van der Waals surface area contributed by atoms with Gasteiger partial charge in [-0.3, -0.25) is 9.59 Å². The molecule has 11 heteroatoms. The molecule has 0 bridgehead atoms. The Morgan fingerprint density at radius 3 is 2.56 bits per heavy atom. The number of hydrogen-bond donors (Lipinski definition) is 2. The molecule has 0 saturated carbocycles. The highest BCUT2D eigenvalue weighted by molar-refractivity contribution is 6.30. The molecule has 0 radical (unpaired) electrons. The first kappa shape index (κ1) is 31.4. The number of esters is 2. The quantitative estimate of drug-likeness (QED) is 0.154. The smallest absolute Gasteiger partial charge is 0.337 e. The Balaban J connectivity index is 1.72. The molecule has 2 atom stereocenters. The average molecular weight is 584 g/mol. The fourth-order valence-electron chi connectivity index (χ4n) is 3.97. The van der Waals surface area contributed by atoms with Gasteiger partial charge in [0.25, 0.3) is 5.91 Å². The molecule has 1 heterocycles. The van der Waals surface area contributed by atoms with Gasteiger partial charge in [-0.25, -0.2) is 9.48 Å². The van der Waals surface area contributed by atoms with Crippen molar-refractivity contribution in [3.63, 3.8) is 0 Å². The number of halogens is 1. The minimum atomic E-state index is -1.58. The first-order valence-electron chi connectivity index (χ1n) is 13.1. The maximum Gasteiger partial charge on any atom is 0.337 e. The van der Waals surface area contributed by atoms with E-state index in [1.165, 1.54) is 10.7 Å². The standard InChI is InChI=1S/C30H34ClN3O7/c1-4-7-28(36)40-19-41-30(38)26(35)17-24(32-29(37)25-18-27(34(3)33-25)39-14-5-2)15-20-10-12-21(13-11-20)22-8-6-9-23(31)16-22/h5-6,8-13,16,18,24,26,35H,2,4,7,14-15,17,19H2,1,3H3,(H,32,37)/t24-,26-/m1/s1. The average Bonchev–Trinajstić information content (AvgIpc) is 3.32. The lowest BCUT2D eigenvalue weighted by molar-refractivity contribution is -0.173. The first-order valence-corrected chi connectivity index (χ1v) is 13.5. The zero-order valence-electron chi connectivity index (χ0n) is 23.0. The second-order valence-corrected chi connectivity index (χ2v) is 9.71. The van der Waals surface area contributed by atoms with Gasteiger partial charge < -0.3 is 24.6 Å². The van der Waals surface area contributed by atoms with Gasteiger partial charge in [-0.2, -0.15) is 5.10 Å². The Kier molecular flexibility index (Phi) is 11.9. The molecule has 3 rings (SSSR count). The van der Waals surface area contributed by atoms with Crippen LogP contribution in [-0.4, -0.2) is 58.3 Å². The van der Waals surface area contributed by atoms with Crippen LogP contribution in [0.25, 0.3) is 11.1 Å². The van der Waals surface area contributed by atoms with Crippen molar-refractivity contribution in [2.75, 3.05) is 13.4 Å². The van der Waals surface area contributed by atoms with Gasteiger partial charge in [-0.15, -0.1) is 0 Å². The topological polar surface area (TPSA) is 129 Å². The maximum atomic E-state index is 13.1. The number of aromatic nitrogens is 2. The molecule has 0 saturated heterocycles. The minimum Gasteiger partial charge on any atom is -0.474 e. The monoisotopic (exact) mass is 583 g/mol. The summed E-state index contributed by atoms with van der Waals surface area (Å²) in [6, 6.07) is 15.9. The molecule has 0 unspecified atom stereocenters. The van der Waals surface area contributed by atoms with Gasteiger partial charge in [-0.1, -0.05) is 67.6 Å². The molecule has 0 aliphatic rings. The number of aliphatic hydroxyl groups excluding tert-OH is 1. The predicted molar refractivity (Wildman–Crippen MR) is 153 cm³/mol. The molecule has 0 aliphatic carbocycles. The summed E-state index contributed by atoms with van der Waals surface area (Å²) in [5.74, 6) is -1.61. The Hall–Kier alpha value is -4.15. The molecule has 0 aliphatic heterocycles. The van der Waals surface area contributed by atoms with E-state index < -0.39 is 36.8 Å². The number of nitrogens with zero attached hydrogens (tertiary/aromatic N) is 2. The number of hydrogen-bond acceptors (Lipinski definition) is 8. The van der Waals surface area contributed by atoms with E-state index in [0.717, 1.165) is 16.7 Å². The number of aryl methyl sites for hydroxylation is 1. The highest BCUT2D eigenvalue weighted by Crippen LogP contribution is 2.24. The fraction of sp³-hybridized carbons (Fsp3) is 0.333. The van der Waals surface area contributed by atoms with Gasteiger partial charge in [-0.05, 0) is 41.7 Å². The Morgan fingerprint density at radius 2 is 1.88 bits per heavy atom. The highest BCUT2D eigenvalue weighted by atomic mass is 35.5. The molecule has 0 spiro atoms. The van der Waals surface area contributed by atoms with Crippen LogP contribution >= 0.6 is 11.6 Å². The summed E-state index contributed by atoms with van der Waals surface area (Å²) in [4.78, 5) is 37.0. The van der Waals surface area contributed by atoms with Crippen LogP contribution < -0.4 is 10.1 Å². The van der Waals surface area contributed by atoms with E-state index >= 15 is 0 Å². The van der Waals surface area contributed by atoms with Crippen molar-refractivity contribution in [2.45, 2.75) is 44.8 Å². The van der Waals surface area contributed by atoms with Crippen molar-refractivity contribution >= 4 is 29.4 Å². The number of rotatable bonds is 15. The fourth-order valence-corrected chi connectivity index (χ4v) is 4.16. The van der Waals surface area contributed by atoms with Crippen molar-refractivity contribution in [2.24, 2.45) is 7.05 Å². The number of aliphatic hydroxyl groups is 1. The predicted octanol–water partition coefficient (Wildman–Crippen LogP) is 4.24. The largest absolute Gasteiger partial charge is 0.474 e. The van der Waals surface area contributed by atoms with E-state index in [1.54, 1.807) is 19.2 Å². The summed E-state index contributed by atoms with van der Waals surface area (Å²) in [7, 11) is 1.64. The summed E-state index contributed by atoms with van der Waals surface area (Å²) >= 11 is 6.12. The summed E-state index contributed by atoms with van der Waals surface area (Å²) in [6.07, 6.45) is 0.921. The van der Waals surface area contributed by atoms with Crippen molar-refractivity contribution < 1.29 is 33.7 Å². The SMILES string of the molecule is C=CCOc1cc(C(=O)N[C@H](Cc2ccc(-c3cccc(Cl)c3)cc2)C[C@@H](O)C(=O)OCOC(=O)CCC)nn1C. The molecule has 218 valence electrons. The van der Waals surface area contributed by atoms with Gasteiger partial charge in [0.15, 0.2) is 11.8 Å². The number of ether oxygens (including phenoxy) is 3. The van der Waals surface area contributed by atoms with Crippen LogP contribution in [0.2, 0.25) is 5.02 Å². The third-order valence-electron chi connectivity index (χ3n) is 6.00. The second-order valence-electron chi connectivity index (χ2n) is 9.27. The molecule has 3 aromatic rings. The van der Waals surface area contributed by atoms with Crippen molar-refractivity contribution in [3.05, 3.63) is 83.5 Å². The van der Waals surface area contributed by atoms with Gasteiger partial charge in [0.2, 0.25) is 12.7 Å². The number of carbonyl (C=O) groups is 3. The maximum absolute atomic E-state index is 13.1. The van der Waals surface area contributed by atoms with E-state index in [2.05, 4.69) is 17.0 Å². The van der Waals surface area contributed by atoms with Crippen molar-refractivity contribution in [1.29, 1.82) is 0 Å². The molecular formula is C30H34ClN3O7. The van der Waals surface area contributed by atoms with Crippen LogP contribution in [0.4, 0.5) is 0 Å². The number of amides is 1. The number of benzene rings is 2. The third kappa shape index (κ3) is 9.77. The van der Waals surface area contributed by atoms with Gasteiger partial charge in [0.05, 0.1) is 0 Å². The van der Waals surface area contributed by atoms with Crippen molar-refractivity contribution in [1.82, 2.24) is 15.1 Å². The molecule has 1 amide bonds. The Bertz CT molecular complexity index is 1340. The van der Waals surface area contributed by atoms with Crippen LogP contribution in [0.15, 0.2) is 67.3 Å². The van der Waals surface area contributed by atoms with Crippen LogP contribution in [0.3, 0.4) is 0 Å². The zero-order chi connectivity index (χ0) is 29.8.